The zero-order valence-electron chi connectivity index (χ0n) is 17.4. The van der Waals surface area contributed by atoms with Gasteiger partial charge in [0.15, 0.2) is 5.69 Å². The van der Waals surface area contributed by atoms with Crippen LogP contribution in [0.5, 0.6) is 0 Å². The van der Waals surface area contributed by atoms with Gasteiger partial charge in [0.05, 0.1) is 0 Å². The second kappa shape index (κ2) is 9.81. The number of hydrogen-bond donors (Lipinski definition) is 1. The van der Waals surface area contributed by atoms with Crippen molar-refractivity contribution < 1.29 is 4.79 Å². The number of amides is 1. The van der Waals surface area contributed by atoms with Crippen LogP contribution in [0.25, 0.3) is 0 Å². The minimum Gasteiger partial charge on any atom is -0.336 e. The van der Waals surface area contributed by atoms with Crippen LogP contribution in [0.4, 0.5) is 0 Å². The molecule has 1 aliphatic carbocycles. The first-order valence-electron chi connectivity index (χ1n) is 11.0. The van der Waals surface area contributed by atoms with Crippen LogP contribution in [0, 0.1) is 0 Å². The van der Waals surface area contributed by atoms with Crippen molar-refractivity contribution >= 4 is 17.7 Å². The first kappa shape index (κ1) is 20.5. The third-order valence-corrected chi connectivity index (χ3v) is 7.01. The number of nitrogens with zero attached hydrogens (tertiary/aromatic N) is 3. The molecule has 1 N–H and O–H groups in total. The zero-order chi connectivity index (χ0) is 20.1. The molecule has 2 aromatic rings. The predicted octanol–water partition coefficient (Wildman–Crippen LogP) is 3.17. The molecule has 4 rings (SSSR count). The molecule has 0 spiro atoms. The Balaban J connectivity index is 1.38. The van der Waals surface area contributed by atoms with Crippen molar-refractivity contribution in [2.75, 3.05) is 31.1 Å². The highest BCUT2D eigenvalue weighted by molar-refractivity contribution is 7.99. The monoisotopic (exact) mass is 412 g/mol. The number of hydrogen-bond acceptors (Lipinski definition) is 4. The molecule has 156 valence electrons. The SMILES string of the molecule is CCn1nc(C(=O)N2CCSCC2)c2c1CCC(NCCCc1ccccc1)C2. The van der Waals surface area contributed by atoms with E-state index in [1.807, 2.05) is 16.7 Å². The Labute approximate surface area is 178 Å². The third-order valence-electron chi connectivity index (χ3n) is 6.07. The highest BCUT2D eigenvalue weighted by atomic mass is 32.2. The Kier molecular flexibility index (Phi) is 6.93. The van der Waals surface area contributed by atoms with Gasteiger partial charge in [-0.2, -0.15) is 16.9 Å². The van der Waals surface area contributed by atoms with E-state index in [2.05, 4.69) is 47.3 Å². The number of aryl methyl sites for hydroxylation is 2. The van der Waals surface area contributed by atoms with Crippen molar-refractivity contribution in [3.8, 4) is 0 Å². The fourth-order valence-electron chi connectivity index (χ4n) is 4.45. The van der Waals surface area contributed by atoms with Gasteiger partial charge < -0.3 is 10.2 Å². The van der Waals surface area contributed by atoms with Crippen molar-refractivity contribution in [3.63, 3.8) is 0 Å². The summed E-state index contributed by atoms with van der Waals surface area (Å²) < 4.78 is 2.06. The number of rotatable bonds is 7. The molecule has 1 fully saturated rings. The van der Waals surface area contributed by atoms with Crippen molar-refractivity contribution in [1.29, 1.82) is 0 Å². The molecule has 6 heteroatoms. The lowest BCUT2D eigenvalue weighted by molar-refractivity contribution is 0.0764. The smallest absolute Gasteiger partial charge is 0.274 e. The van der Waals surface area contributed by atoms with Crippen LogP contribution in [0.1, 0.15) is 47.1 Å². The fraction of sp³-hybridized carbons (Fsp3) is 0.565. The lowest BCUT2D eigenvalue weighted by Gasteiger charge is -2.27. The molecule has 1 unspecified atom stereocenters. The fourth-order valence-corrected chi connectivity index (χ4v) is 5.36. The van der Waals surface area contributed by atoms with E-state index in [1.54, 1.807) is 0 Å². The normalized spacial score (nSPS) is 19.2. The van der Waals surface area contributed by atoms with E-state index in [0.29, 0.717) is 11.7 Å². The van der Waals surface area contributed by atoms with Crippen LogP contribution in [0.3, 0.4) is 0 Å². The molecule has 1 saturated heterocycles. The van der Waals surface area contributed by atoms with Crippen LogP contribution in [0.15, 0.2) is 30.3 Å². The molecule has 5 nitrogen and oxygen atoms in total. The van der Waals surface area contributed by atoms with Crippen molar-refractivity contribution in [2.24, 2.45) is 0 Å². The second-order valence-electron chi connectivity index (χ2n) is 7.98. The number of nitrogens with one attached hydrogen (secondary N) is 1. The summed E-state index contributed by atoms with van der Waals surface area (Å²) in [5, 5.41) is 8.49. The van der Waals surface area contributed by atoms with Crippen LogP contribution in [-0.4, -0.2) is 57.8 Å². The van der Waals surface area contributed by atoms with Crippen LogP contribution >= 0.6 is 11.8 Å². The summed E-state index contributed by atoms with van der Waals surface area (Å²) in [5.74, 6) is 2.21. The Morgan fingerprint density at radius 1 is 1.24 bits per heavy atom. The molecular formula is C23H32N4OS. The van der Waals surface area contributed by atoms with E-state index in [0.717, 1.165) is 69.8 Å². The minimum absolute atomic E-state index is 0.137. The van der Waals surface area contributed by atoms with Gasteiger partial charge in [0.1, 0.15) is 0 Å². The molecule has 1 atom stereocenters. The van der Waals surface area contributed by atoms with E-state index in [4.69, 9.17) is 5.10 Å². The Hall–Kier alpha value is -1.79. The summed E-state index contributed by atoms with van der Waals surface area (Å²) in [6.45, 7) is 5.66. The molecule has 2 heterocycles. The van der Waals surface area contributed by atoms with Gasteiger partial charge in [-0.05, 0) is 51.1 Å². The third kappa shape index (κ3) is 4.86. The molecule has 0 bridgehead atoms. The van der Waals surface area contributed by atoms with E-state index in [-0.39, 0.29) is 5.91 Å². The Morgan fingerprint density at radius 3 is 2.79 bits per heavy atom. The topological polar surface area (TPSA) is 50.2 Å². The largest absolute Gasteiger partial charge is 0.336 e. The molecule has 1 amide bonds. The standard InChI is InChI=1S/C23H32N4OS/c1-2-27-21-11-10-19(24-12-6-9-18-7-4-3-5-8-18)17-20(21)22(25-27)23(28)26-13-15-29-16-14-26/h3-5,7-8,19,24H,2,6,9-17H2,1H3. The number of aromatic nitrogens is 2. The molecule has 2 aliphatic rings. The van der Waals surface area contributed by atoms with Gasteiger partial charge in [-0.15, -0.1) is 0 Å². The van der Waals surface area contributed by atoms with Gasteiger partial charge >= 0.3 is 0 Å². The van der Waals surface area contributed by atoms with Gasteiger partial charge in [0, 0.05) is 48.4 Å². The number of thioether (sulfide) groups is 1. The van der Waals surface area contributed by atoms with Crippen molar-refractivity contribution in [1.82, 2.24) is 20.0 Å². The maximum Gasteiger partial charge on any atom is 0.274 e. The van der Waals surface area contributed by atoms with Crippen LogP contribution in [0.2, 0.25) is 0 Å². The molecule has 1 aromatic carbocycles. The zero-order valence-corrected chi connectivity index (χ0v) is 18.2. The summed E-state index contributed by atoms with van der Waals surface area (Å²) in [6, 6.07) is 11.1. The highest BCUT2D eigenvalue weighted by Gasteiger charge is 2.31. The average molecular weight is 413 g/mol. The number of fused-ring (bicyclic) bond motifs is 1. The number of benzene rings is 1. The van der Waals surface area contributed by atoms with Gasteiger partial charge in [-0.25, -0.2) is 0 Å². The van der Waals surface area contributed by atoms with Crippen LogP contribution in [-0.2, 0) is 25.8 Å². The maximum absolute atomic E-state index is 13.1. The maximum atomic E-state index is 13.1. The average Bonchev–Trinajstić information content (AvgIpc) is 3.15. The van der Waals surface area contributed by atoms with Crippen molar-refractivity contribution in [3.05, 3.63) is 52.8 Å². The summed E-state index contributed by atoms with van der Waals surface area (Å²) in [5.41, 5.74) is 4.59. The number of carbonyl (C=O) groups excluding carboxylic acids is 1. The lowest BCUT2D eigenvalue weighted by Crippen LogP contribution is -2.39. The first-order valence-corrected chi connectivity index (χ1v) is 12.1. The molecule has 1 aromatic heterocycles. The van der Waals surface area contributed by atoms with E-state index < -0.39 is 0 Å². The summed E-state index contributed by atoms with van der Waals surface area (Å²) >= 11 is 1.93. The second-order valence-corrected chi connectivity index (χ2v) is 9.20. The molecule has 0 saturated carbocycles. The van der Waals surface area contributed by atoms with E-state index in [1.165, 1.54) is 16.8 Å². The highest BCUT2D eigenvalue weighted by Crippen LogP contribution is 2.26. The summed E-state index contributed by atoms with van der Waals surface area (Å²) in [7, 11) is 0. The van der Waals surface area contributed by atoms with Crippen LogP contribution < -0.4 is 5.32 Å². The molecule has 29 heavy (non-hydrogen) atoms. The van der Waals surface area contributed by atoms with Gasteiger partial charge in [-0.1, -0.05) is 30.3 Å². The first-order chi connectivity index (χ1) is 14.3. The van der Waals surface area contributed by atoms with Gasteiger partial charge in [0.25, 0.3) is 5.91 Å². The lowest BCUT2D eigenvalue weighted by atomic mass is 9.91. The van der Waals surface area contributed by atoms with Crippen molar-refractivity contribution in [2.45, 2.75) is 51.6 Å². The quantitative estimate of drug-likeness (QED) is 0.710. The minimum atomic E-state index is 0.137. The molecular weight excluding hydrogens is 380 g/mol. The molecule has 1 aliphatic heterocycles. The summed E-state index contributed by atoms with van der Waals surface area (Å²) in [6.07, 6.45) is 5.30. The Morgan fingerprint density at radius 2 is 2.03 bits per heavy atom. The predicted molar refractivity (Wildman–Crippen MR) is 120 cm³/mol. The number of carbonyl (C=O) groups is 1. The van der Waals surface area contributed by atoms with E-state index in [9.17, 15) is 4.79 Å². The van der Waals surface area contributed by atoms with E-state index >= 15 is 0 Å². The molecule has 0 radical (unpaired) electrons. The van der Waals surface area contributed by atoms with Gasteiger partial charge in [-0.3, -0.25) is 9.48 Å². The van der Waals surface area contributed by atoms with Gasteiger partial charge in [0.2, 0.25) is 0 Å². The summed E-state index contributed by atoms with van der Waals surface area (Å²) in [4.78, 5) is 15.1. The Bertz CT molecular complexity index is 814.